The molecule has 4 rings (SSSR count). The van der Waals surface area contributed by atoms with Gasteiger partial charge in [0.2, 0.25) is 0 Å². The fourth-order valence-corrected chi connectivity index (χ4v) is 3.70. The highest BCUT2D eigenvalue weighted by Crippen LogP contribution is 2.33. The molecule has 0 spiro atoms. The van der Waals surface area contributed by atoms with Crippen molar-refractivity contribution in [3.8, 4) is 17.0 Å². The molecular weight excluding hydrogens is 328 g/mol. The molecule has 3 nitrogen and oxygen atoms in total. The summed E-state index contributed by atoms with van der Waals surface area (Å²) in [5.41, 5.74) is 4.33. The second-order valence-corrected chi connectivity index (χ2v) is 6.80. The molecule has 0 saturated carbocycles. The van der Waals surface area contributed by atoms with Crippen LogP contribution in [-0.2, 0) is 6.42 Å². The quantitative estimate of drug-likeness (QED) is 0.738. The number of halogens is 1. The molecule has 0 bridgehead atoms. The third-order valence-electron chi connectivity index (χ3n) is 3.75. The molecule has 0 atom stereocenters. The topological polar surface area (TPSA) is 34.2 Å². The summed E-state index contributed by atoms with van der Waals surface area (Å²) in [6, 6.07) is 14.1. The number of benzene rings is 2. The van der Waals surface area contributed by atoms with Crippen molar-refractivity contribution in [1.82, 2.24) is 4.98 Å². The Kier molecular flexibility index (Phi) is 3.93. The van der Waals surface area contributed by atoms with E-state index in [0.717, 1.165) is 45.7 Å². The Bertz CT molecular complexity index is 847. The molecule has 1 N–H and O–H groups in total. The molecule has 0 fully saturated rings. The van der Waals surface area contributed by atoms with Crippen molar-refractivity contribution in [1.29, 1.82) is 0 Å². The number of thiazole rings is 1. The van der Waals surface area contributed by atoms with Gasteiger partial charge in [-0.3, -0.25) is 0 Å². The molecule has 0 saturated heterocycles. The normalized spacial score (nSPS) is 13.1. The van der Waals surface area contributed by atoms with Crippen LogP contribution >= 0.6 is 22.9 Å². The number of fused-ring (bicyclic) bond motifs is 1. The summed E-state index contributed by atoms with van der Waals surface area (Å²) in [7, 11) is 0. The van der Waals surface area contributed by atoms with Crippen LogP contribution < -0.4 is 10.1 Å². The molecule has 5 heteroatoms. The van der Waals surface area contributed by atoms with Crippen LogP contribution in [0.3, 0.4) is 0 Å². The van der Waals surface area contributed by atoms with Gasteiger partial charge in [-0.2, -0.15) is 0 Å². The number of aromatic nitrogens is 1. The molecule has 3 aromatic rings. The van der Waals surface area contributed by atoms with Gasteiger partial charge in [-0.1, -0.05) is 23.7 Å². The predicted molar refractivity (Wildman–Crippen MR) is 95.8 cm³/mol. The average Bonchev–Trinajstić information content (AvgIpc) is 3.03. The molecule has 1 aliphatic rings. The first kappa shape index (κ1) is 14.5. The Morgan fingerprint density at radius 2 is 2.17 bits per heavy atom. The summed E-state index contributed by atoms with van der Waals surface area (Å²) < 4.78 is 5.62. The molecule has 0 unspecified atom stereocenters. The standard InChI is InChI=1S/C18H15ClN2OS/c19-14-3-1-2-12(8-14)9-18-21-16(11-23-18)13-4-5-17-15(10-13)20-6-7-22-17/h1-5,8,10-11,20H,6-7,9H2. The van der Waals surface area contributed by atoms with E-state index in [-0.39, 0.29) is 0 Å². The number of nitrogens with one attached hydrogen (secondary N) is 1. The summed E-state index contributed by atoms with van der Waals surface area (Å²) >= 11 is 7.72. The van der Waals surface area contributed by atoms with Crippen LogP contribution in [0.25, 0.3) is 11.3 Å². The first-order chi connectivity index (χ1) is 11.3. The zero-order valence-corrected chi connectivity index (χ0v) is 14.0. The summed E-state index contributed by atoms with van der Waals surface area (Å²) in [5.74, 6) is 0.911. The van der Waals surface area contributed by atoms with E-state index in [1.54, 1.807) is 11.3 Å². The van der Waals surface area contributed by atoms with Crippen molar-refractivity contribution in [3.05, 3.63) is 63.4 Å². The van der Waals surface area contributed by atoms with Crippen molar-refractivity contribution in [2.75, 3.05) is 18.5 Å². The molecule has 1 aliphatic heterocycles. The maximum absolute atomic E-state index is 6.04. The Balaban J connectivity index is 1.58. The molecule has 1 aromatic heterocycles. The van der Waals surface area contributed by atoms with E-state index in [9.17, 15) is 0 Å². The van der Waals surface area contributed by atoms with Gasteiger partial charge in [-0.15, -0.1) is 11.3 Å². The lowest BCUT2D eigenvalue weighted by atomic mass is 10.1. The maximum atomic E-state index is 6.04. The van der Waals surface area contributed by atoms with Crippen LogP contribution in [0.1, 0.15) is 10.6 Å². The maximum Gasteiger partial charge on any atom is 0.142 e. The Morgan fingerprint density at radius 1 is 1.22 bits per heavy atom. The van der Waals surface area contributed by atoms with Crippen LogP contribution in [0.2, 0.25) is 5.02 Å². The lowest BCUT2D eigenvalue weighted by Crippen LogP contribution is -2.17. The summed E-state index contributed by atoms with van der Waals surface area (Å²) in [5, 5.41) is 7.32. The van der Waals surface area contributed by atoms with Crippen LogP contribution in [0.4, 0.5) is 5.69 Å². The average molecular weight is 343 g/mol. The van der Waals surface area contributed by atoms with Crippen LogP contribution in [0.5, 0.6) is 5.75 Å². The highest BCUT2D eigenvalue weighted by molar-refractivity contribution is 7.10. The van der Waals surface area contributed by atoms with Gasteiger partial charge < -0.3 is 10.1 Å². The molecule has 2 aromatic carbocycles. The van der Waals surface area contributed by atoms with Gasteiger partial charge in [0, 0.05) is 28.9 Å². The first-order valence-corrected chi connectivity index (χ1v) is 8.74. The molecule has 0 amide bonds. The van der Waals surface area contributed by atoms with Gasteiger partial charge in [-0.25, -0.2) is 4.98 Å². The van der Waals surface area contributed by atoms with E-state index in [0.29, 0.717) is 6.61 Å². The van der Waals surface area contributed by atoms with Crippen LogP contribution in [0.15, 0.2) is 47.8 Å². The van der Waals surface area contributed by atoms with E-state index >= 15 is 0 Å². The SMILES string of the molecule is Clc1cccc(Cc2nc(-c3ccc4c(c3)NCCO4)cs2)c1. The third-order valence-corrected chi connectivity index (χ3v) is 4.83. The minimum absolute atomic E-state index is 0.715. The molecule has 0 aliphatic carbocycles. The van der Waals surface area contributed by atoms with E-state index in [1.807, 2.05) is 24.3 Å². The Labute approximate surface area is 143 Å². The lowest BCUT2D eigenvalue weighted by Gasteiger charge is -2.19. The van der Waals surface area contributed by atoms with Crippen LogP contribution in [-0.4, -0.2) is 18.1 Å². The highest BCUT2D eigenvalue weighted by atomic mass is 35.5. The fourth-order valence-electron chi connectivity index (χ4n) is 2.65. The number of rotatable bonds is 3. The number of nitrogens with zero attached hydrogens (tertiary/aromatic N) is 1. The van der Waals surface area contributed by atoms with Gasteiger partial charge in [0.25, 0.3) is 0 Å². The summed E-state index contributed by atoms with van der Waals surface area (Å²) in [4.78, 5) is 4.76. The molecule has 116 valence electrons. The van der Waals surface area contributed by atoms with Gasteiger partial charge in [-0.05, 0) is 35.9 Å². The molecule has 0 radical (unpaired) electrons. The largest absolute Gasteiger partial charge is 0.490 e. The number of ether oxygens (including phenoxy) is 1. The van der Waals surface area contributed by atoms with Gasteiger partial charge in [0.15, 0.2) is 0 Å². The highest BCUT2D eigenvalue weighted by Gasteiger charge is 2.12. The second-order valence-electron chi connectivity index (χ2n) is 5.42. The second kappa shape index (κ2) is 6.22. The van der Waals surface area contributed by atoms with E-state index in [1.165, 1.54) is 5.56 Å². The van der Waals surface area contributed by atoms with E-state index < -0.39 is 0 Å². The van der Waals surface area contributed by atoms with Crippen molar-refractivity contribution >= 4 is 28.6 Å². The van der Waals surface area contributed by atoms with Crippen molar-refractivity contribution < 1.29 is 4.74 Å². The molecule has 2 heterocycles. The number of hydrogen-bond acceptors (Lipinski definition) is 4. The Morgan fingerprint density at radius 3 is 3.09 bits per heavy atom. The minimum atomic E-state index is 0.715. The Hall–Kier alpha value is -2.04. The molecular formula is C18H15ClN2OS. The zero-order valence-electron chi connectivity index (χ0n) is 12.4. The smallest absolute Gasteiger partial charge is 0.142 e. The van der Waals surface area contributed by atoms with Gasteiger partial charge >= 0.3 is 0 Å². The van der Waals surface area contributed by atoms with Gasteiger partial charge in [0.05, 0.1) is 16.4 Å². The van der Waals surface area contributed by atoms with E-state index in [4.69, 9.17) is 21.3 Å². The summed E-state index contributed by atoms with van der Waals surface area (Å²) in [6.07, 6.45) is 0.803. The summed E-state index contributed by atoms with van der Waals surface area (Å²) in [6.45, 7) is 1.56. The lowest BCUT2D eigenvalue weighted by molar-refractivity contribution is 0.323. The van der Waals surface area contributed by atoms with Crippen molar-refractivity contribution in [3.63, 3.8) is 0 Å². The zero-order chi connectivity index (χ0) is 15.6. The monoisotopic (exact) mass is 342 g/mol. The number of anilines is 1. The molecule has 23 heavy (non-hydrogen) atoms. The third kappa shape index (κ3) is 3.19. The number of hydrogen-bond donors (Lipinski definition) is 1. The first-order valence-electron chi connectivity index (χ1n) is 7.48. The van der Waals surface area contributed by atoms with Crippen molar-refractivity contribution in [2.45, 2.75) is 6.42 Å². The fraction of sp³-hybridized carbons (Fsp3) is 0.167. The van der Waals surface area contributed by atoms with Crippen molar-refractivity contribution in [2.24, 2.45) is 0 Å². The predicted octanol–water partition coefficient (Wildman–Crippen LogP) is 4.86. The van der Waals surface area contributed by atoms with Crippen LogP contribution in [0, 0.1) is 0 Å². The van der Waals surface area contributed by atoms with Gasteiger partial charge in [0.1, 0.15) is 12.4 Å². The minimum Gasteiger partial charge on any atom is -0.490 e. The van der Waals surface area contributed by atoms with E-state index in [2.05, 4.69) is 28.9 Å².